The number of rotatable bonds is 5. The van der Waals surface area contributed by atoms with E-state index >= 15 is 0 Å². The monoisotopic (exact) mass is 335 g/mol. The van der Waals surface area contributed by atoms with Crippen LogP contribution in [0.3, 0.4) is 0 Å². The highest BCUT2D eigenvalue weighted by atomic mass is 16.2. The van der Waals surface area contributed by atoms with Crippen molar-refractivity contribution < 1.29 is 9.59 Å². The SMILES string of the molecule is CC(=O)Nc1cccc(N/C=C(/C#N)C(=O)Nc2ccc(N)cc2)c1. The molecule has 0 heterocycles. The van der Waals surface area contributed by atoms with E-state index in [0.717, 1.165) is 0 Å². The first-order valence-corrected chi connectivity index (χ1v) is 7.39. The molecule has 0 aromatic heterocycles. The molecule has 2 aromatic carbocycles. The van der Waals surface area contributed by atoms with Gasteiger partial charge in [0, 0.05) is 35.9 Å². The average molecular weight is 335 g/mol. The van der Waals surface area contributed by atoms with Crippen LogP contribution in [-0.2, 0) is 9.59 Å². The zero-order valence-corrected chi connectivity index (χ0v) is 13.5. The van der Waals surface area contributed by atoms with Gasteiger partial charge < -0.3 is 21.7 Å². The van der Waals surface area contributed by atoms with Gasteiger partial charge in [0.15, 0.2) is 0 Å². The van der Waals surface area contributed by atoms with Crippen LogP contribution < -0.4 is 21.7 Å². The molecule has 0 bridgehead atoms. The van der Waals surface area contributed by atoms with Crippen molar-refractivity contribution in [1.82, 2.24) is 0 Å². The van der Waals surface area contributed by atoms with E-state index in [1.165, 1.54) is 13.1 Å². The summed E-state index contributed by atoms with van der Waals surface area (Å²) in [5, 5.41) is 17.3. The Labute approximate surface area is 145 Å². The number of benzene rings is 2. The average Bonchev–Trinajstić information content (AvgIpc) is 2.57. The highest BCUT2D eigenvalue weighted by Gasteiger charge is 2.09. The second-order valence-electron chi connectivity index (χ2n) is 5.15. The molecule has 7 heteroatoms. The molecule has 0 radical (unpaired) electrons. The van der Waals surface area contributed by atoms with Crippen molar-refractivity contribution >= 4 is 34.6 Å². The molecule has 0 spiro atoms. The molecule has 25 heavy (non-hydrogen) atoms. The first-order valence-electron chi connectivity index (χ1n) is 7.39. The predicted octanol–water partition coefficient (Wildman–Crippen LogP) is 2.69. The first kappa shape index (κ1) is 17.6. The Balaban J connectivity index is 2.07. The van der Waals surface area contributed by atoms with Crippen LogP contribution in [0.2, 0.25) is 0 Å². The summed E-state index contributed by atoms with van der Waals surface area (Å²) >= 11 is 0. The second-order valence-corrected chi connectivity index (χ2v) is 5.15. The third kappa shape index (κ3) is 5.41. The summed E-state index contributed by atoms with van der Waals surface area (Å²) in [5.74, 6) is -0.730. The highest BCUT2D eigenvalue weighted by molar-refractivity contribution is 6.06. The first-order chi connectivity index (χ1) is 12.0. The van der Waals surface area contributed by atoms with Gasteiger partial charge in [-0.15, -0.1) is 0 Å². The summed E-state index contributed by atoms with van der Waals surface area (Å²) in [6, 6.07) is 15.3. The molecule has 2 amide bonds. The van der Waals surface area contributed by atoms with Crippen LogP contribution in [0.25, 0.3) is 0 Å². The van der Waals surface area contributed by atoms with Crippen molar-refractivity contribution in [2.75, 3.05) is 21.7 Å². The maximum atomic E-state index is 12.1. The summed E-state index contributed by atoms with van der Waals surface area (Å²) in [6.07, 6.45) is 1.31. The summed E-state index contributed by atoms with van der Waals surface area (Å²) in [5.41, 5.74) is 7.83. The van der Waals surface area contributed by atoms with E-state index in [2.05, 4.69) is 16.0 Å². The highest BCUT2D eigenvalue weighted by Crippen LogP contribution is 2.16. The Morgan fingerprint density at radius 1 is 1.04 bits per heavy atom. The minimum Gasteiger partial charge on any atom is -0.399 e. The Bertz CT molecular complexity index is 851. The number of amides is 2. The number of carbonyl (C=O) groups is 2. The van der Waals surface area contributed by atoms with E-state index in [1.54, 1.807) is 48.5 Å². The summed E-state index contributed by atoms with van der Waals surface area (Å²) in [7, 11) is 0. The van der Waals surface area contributed by atoms with Gasteiger partial charge in [0.2, 0.25) is 5.91 Å². The van der Waals surface area contributed by atoms with Gasteiger partial charge in [-0.05, 0) is 42.5 Å². The zero-order valence-electron chi connectivity index (χ0n) is 13.5. The lowest BCUT2D eigenvalue weighted by Gasteiger charge is -2.07. The van der Waals surface area contributed by atoms with E-state index in [-0.39, 0.29) is 11.5 Å². The Hall–Kier alpha value is -3.79. The maximum absolute atomic E-state index is 12.1. The Morgan fingerprint density at radius 3 is 2.36 bits per heavy atom. The molecule has 0 atom stereocenters. The number of nitrogens with one attached hydrogen (secondary N) is 3. The van der Waals surface area contributed by atoms with Gasteiger partial charge in [-0.1, -0.05) is 6.07 Å². The molecule has 2 rings (SSSR count). The number of anilines is 4. The van der Waals surface area contributed by atoms with Gasteiger partial charge in [-0.2, -0.15) is 5.26 Å². The number of nitrogens with zero attached hydrogens (tertiary/aromatic N) is 1. The molecular formula is C18H17N5O2. The fourth-order valence-corrected chi connectivity index (χ4v) is 1.96. The molecule has 0 aliphatic heterocycles. The standard InChI is InChI=1S/C18H17N5O2/c1-12(24)22-17-4-2-3-16(9-17)21-11-13(10-19)18(25)23-15-7-5-14(20)6-8-15/h2-9,11,21H,20H2,1H3,(H,22,24)(H,23,25)/b13-11-. The largest absolute Gasteiger partial charge is 0.399 e. The van der Waals surface area contributed by atoms with Gasteiger partial charge >= 0.3 is 0 Å². The number of carbonyl (C=O) groups excluding carboxylic acids is 2. The molecule has 126 valence electrons. The number of hydrogen-bond acceptors (Lipinski definition) is 5. The molecule has 0 fully saturated rings. The molecular weight excluding hydrogens is 318 g/mol. The lowest BCUT2D eigenvalue weighted by atomic mass is 10.2. The van der Waals surface area contributed by atoms with Crippen molar-refractivity contribution in [3.05, 3.63) is 60.3 Å². The van der Waals surface area contributed by atoms with Gasteiger partial charge in [-0.25, -0.2) is 0 Å². The summed E-state index contributed by atoms with van der Waals surface area (Å²) in [6.45, 7) is 1.41. The fraction of sp³-hybridized carbons (Fsp3) is 0.0556. The second kappa shape index (κ2) is 8.17. The number of hydrogen-bond donors (Lipinski definition) is 4. The lowest BCUT2D eigenvalue weighted by Crippen LogP contribution is -2.14. The fourth-order valence-electron chi connectivity index (χ4n) is 1.96. The molecule has 7 nitrogen and oxygen atoms in total. The van der Waals surface area contributed by atoms with E-state index in [9.17, 15) is 14.9 Å². The molecule has 0 aliphatic rings. The number of nitrogen functional groups attached to an aromatic ring is 1. The van der Waals surface area contributed by atoms with E-state index in [0.29, 0.717) is 22.7 Å². The van der Waals surface area contributed by atoms with Crippen LogP contribution in [0.4, 0.5) is 22.7 Å². The molecule has 5 N–H and O–H groups in total. The Morgan fingerprint density at radius 2 is 1.72 bits per heavy atom. The van der Waals surface area contributed by atoms with Crippen molar-refractivity contribution in [2.24, 2.45) is 0 Å². The molecule has 0 unspecified atom stereocenters. The van der Waals surface area contributed by atoms with Gasteiger partial charge in [-0.3, -0.25) is 9.59 Å². The summed E-state index contributed by atoms with van der Waals surface area (Å²) in [4.78, 5) is 23.2. The van der Waals surface area contributed by atoms with E-state index in [4.69, 9.17) is 5.73 Å². The number of nitrogens with two attached hydrogens (primary N) is 1. The predicted molar refractivity (Wildman–Crippen MR) is 97.5 cm³/mol. The summed E-state index contributed by atoms with van der Waals surface area (Å²) < 4.78 is 0. The van der Waals surface area contributed by atoms with E-state index < -0.39 is 5.91 Å². The third-order valence-corrected chi connectivity index (χ3v) is 3.10. The maximum Gasteiger partial charge on any atom is 0.267 e. The van der Waals surface area contributed by atoms with Crippen LogP contribution in [0, 0.1) is 11.3 Å². The third-order valence-electron chi connectivity index (χ3n) is 3.10. The minimum absolute atomic E-state index is 0.0956. The quantitative estimate of drug-likeness (QED) is 0.380. The van der Waals surface area contributed by atoms with E-state index in [1.807, 2.05) is 6.07 Å². The van der Waals surface area contributed by atoms with Crippen molar-refractivity contribution in [2.45, 2.75) is 6.92 Å². The number of nitriles is 1. The molecule has 0 saturated carbocycles. The lowest BCUT2D eigenvalue weighted by molar-refractivity contribution is -0.114. The minimum atomic E-state index is -0.544. The van der Waals surface area contributed by atoms with Crippen LogP contribution in [0.15, 0.2) is 60.3 Å². The normalized spacial score (nSPS) is 10.5. The van der Waals surface area contributed by atoms with Gasteiger partial charge in [0.1, 0.15) is 11.6 Å². The molecule has 0 aliphatic carbocycles. The van der Waals surface area contributed by atoms with Crippen molar-refractivity contribution in [3.63, 3.8) is 0 Å². The van der Waals surface area contributed by atoms with Crippen LogP contribution in [0.5, 0.6) is 0 Å². The zero-order chi connectivity index (χ0) is 18.2. The van der Waals surface area contributed by atoms with Gasteiger partial charge in [0.05, 0.1) is 0 Å². The van der Waals surface area contributed by atoms with Gasteiger partial charge in [0.25, 0.3) is 5.91 Å². The molecule has 2 aromatic rings. The Kier molecular flexibility index (Phi) is 5.74. The van der Waals surface area contributed by atoms with Crippen LogP contribution >= 0.6 is 0 Å². The van der Waals surface area contributed by atoms with Crippen LogP contribution in [-0.4, -0.2) is 11.8 Å². The van der Waals surface area contributed by atoms with Crippen molar-refractivity contribution in [1.29, 1.82) is 5.26 Å². The smallest absolute Gasteiger partial charge is 0.267 e. The van der Waals surface area contributed by atoms with Crippen molar-refractivity contribution in [3.8, 4) is 6.07 Å². The molecule has 0 saturated heterocycles. The topological polar surface area (TPSA) is 120 Å². The van der Waals surface area contributed by atoms with Crippen LogP contribution in [0.1, 0.15) is 6.92 Å².